The first-order chi connectivity index (χ1) is 15.1. The molecule has 1 saturated carbocycles. The molecule has 0 spiro atoms. The molecule has 2 heterocycles. The molecular formula is C21H24N4O5S. The number of fused-ring (bicyclic) bond motifs is 1. The van der Waals surface area contributed by atoms with E-state index in [1.807, 2.05) is 0 Å². The predicted molar refractivity (Wildman–Crippen MR) is 115 cm³/mol. The number of amides is 3. The molecule has 4 rings (SSSR count). The molecule has 1 aromatic carbocycles. The van der Waals surface area contributed by atoms with Crippen LogP contribution in [0.25, 0.3) is 0 Å². The Morgan fingerprint density at radius 3 is 2.68 bits per heavy atom. The van der Waals surface area contributed by atoms with Gasteiger partial charge in [0.2, 0.25) is 24.5 Å². The number of rotatable bonds is 8. The lowest BCUT2D eigenvalue weighted by Gasteiger charge is -2.23. The lowest BCUT2D eigenvalue weighted by molar-refractivity contribution is -0.125. The molecule has 0 bridgehead atoms. The second kappa shape index (κ2) is 9.78. The van der Waals surface area contributed by atoms with Crippen molar-refractivity contribution in [3.05, 3.63) is 29.8 Å². The monoisotopic (exact) mass is 444 g/mol. The van der Waals surface area contributed by atoms with Gasteiger partial charge in [-0.3, -0.25) is 14.4 Å². The van der Waals surface area contributed by atoms with E-state index in [0.29, 0.717) is 22.3 Å². The van der Waals surface area contributed by atoms with Crippen molar-refractivity contribution in [1.82, 2.24) is 10.3 Å². The third-order valence-corrected chi connectivity index (χ3v) is 5.92. The molecule has 2 aromatic rings. The van der Waals surface area contributed by atoms with E-state index in [-0.39, 0.29) is 49.9 Å². The molecule has 10 heteroatoms. The Morgan fingerprint density at radius 2 is 1.90 bits per heavy atom. The molecule has 0 atom stereocenters. The highest BCUT2D eigenvalue weighted by atomic mass is 32.1. The molecule has 0 saturated heterocycles. The minimum absolute atomic E-state index is 0.0102. The molecule has 0 radical (unpaired) electrons. The van der Waals surface area contributed by atoms with E-state index < -0.39 is 0 Å². The SMILES string of the molecule is O=C(CCC(=O)N(CC(=O)NC1CCCC1)c1ccc2c(c1)OCO2)Nc1nccs1. The maximum absolute atomic E-state index is 13.0. The second-order valence-corrected chi connectivity index (χ2v) is 8.35. The number of carbonyl (C=O) groups is 3. The van der Waals surface area contributed by atoms with Gasteiger partial charge in [-0.05, 0) is 25.0 Å². The molecule has 31 heavy (non-hydrogen) atoms. The first-order valence-corrected chi connectivity index (χ1v) is 11.1. The molecule has 1 aliphatic heterocycles. The fraction of sp³-hybridized carbons (Fsp3) is 0.429. The van der Waals surface area contributed by atoms with Gasteiger partial charge in [0.1, 0.15) is 6.54 Å². The van der Waals surface area contributed by atoms with E-state index in [4.69, 9.17) is 9.47 Å². The van der Waals surface area contributed by atoms with Gasteiger partial charge in [0.15, 0.2) is 16.6 Å². The molecule has 2 N–H and O–H groups in total. The van der Waals surface area contributed by atoms with Crippen LogP contribution in [-0.2, 0) is 14.4 Å². The van der Waals surface area contributed by atoms with Gasteiger partial charge in [-0.2, -0.15) is 0 Å². The second-order valence-electron chi connectivity index (χ2n) is 7.45. The number of nitrogens with zero attached hydrogens (tertiary/aromatic N) is 2. The Hall–Kier alpha value is -3.14. The van der Waals surface area contributed by atoms with Crippen molar-refractivity contribution in [3.63, 3.8) is 0 Å². The molecule has 0 unspecified atom stereocenters. The Kier molecular flexibility index (Phi) is 6.66. The van der Waals surface area contributed by atoms with Crippen LogP contribution in [0, 0.1) is 0 Å². The van der Waals surface area contributed by atoms with E-state index in [1.165, 1.54) is 16.2 Å². The standard InChI is InChI=1S/C21H24N4O5S/c26-18(24-21-22-9-10-31-21)7-8-20(28)25(12-19(27)23-14-3-1-2-4-14)15-5-6-16-17(11-15)30-13-29-16/h5-6,9-11,14H,1-4,7-8,12-13H2,(H,23,27)(H,22,24,26). The third-order valence-electron chi connectivity index (χ3n) is 5.24. The third kappa shape index (κ3) is 5.52. The average molecular weight is 445 g/mol. The molecule has 1 aliphatic carbocycles. The molecule has 1 aromatic heterocycles. The molecule has 2 aliphatic rings. The summed E-state index contributed by atoms with van der Waals surface area (Å²) >= 11 is 1.31. The number of nitrogens with one attached hydrogen (secondary N) is 2. The largest absolute Gasteiger partial charge is 0.454 e. The number of hydrogen-bond donors (Lipinski definition) is 2. The van der Waals surface area contributed by atoms with E-state index in [9.17, 15) is 14.4 Å². The first-order valence-electron chi connectivity index (χ1n) is 10.3. The quantitative estimate of drug-likeness (QED) is 0.648. The lowest BCUT2D eigenvalue weighted by atomic mass is 10.2. The summed E-state index contributed by atoms with van der Waals surface area (Å²) in [6.07, 6.45) is 5.66. The van der Waals surface area contributed by atoms with Crippen LogP contribution < -0.4 is 25.0 Å². The summed E-state index contributed by atoms with van der Waals surface area (Å²) in [4.78, 5) is 43.2. The number of aromatic nitrogens is 1. The van der Waals surface area contributed by atoms with Gasteiger partial charge in [0.25, 0.3) is 0 Å². The topological polar surface area (TPSA) is 110 Å². The minimum atomic E-state index is -0.324. The summed E-state index contributed by atoms with van der Waals surface area (Å²) in [6, 6.07) is 5.26. The summed E-state index contributed by atoms with van der Waals surface area (Å²) in [5, 5.41) is 7.91. The van der Waals surface area contributed by atoms with Gasteiger partial charge in [-0.25, -0.2) is 4.98 Å². The van der Waals surface area contributed by atoms with E-state index >= 15 is 0 Å². The molecular weight excluding hydrogens is 420 g/mol. The van der Waals surface area contributed by atoms with Crippen LogP contribution in [0.5, 0.6) is 11.5 Å². The Balaban J connectivity index is 1.42. The molecule has 164 valence electrons. The van der Waals surface area contributed by atoms with Gasteiger partial charge in [0, 0.05) is 42.2 Å². The van der Waals surface area contributed by atoms with Crippen molar-refractivity contribution in [2.45, 2.75) is 44.6 Å². The summed E-state index contributed by atoms with van der Waals surface area (Å²) in [5.74, 6) is 0.270. The maximum Gasteiger partial charge on any atom is 0.240 e. The fourth-order valence-electron chi connectivity index (χ4n) is 3.69. The van der Waals surface area contributed by atoms with Crippen LogP contribution >= 0.6 is 11.3 Å². The van der Waals surface area contributed by atoms with Crippen molar-refractivity contribution in [1.29, 1.82) is 0 Å². The van der Waals surface area contributed by atoms with Crippen molar-refractivity contribution in [2.24, 2.45) is 0 Å². The van der Waals surface area contributed by atoms with Crippen molar-refractivity contribution in [2.75, 3.05) is 23.6 Å². The van der Waals surface area contributed by atoms with Gasteiger partial charge in [-0.15, -0.1) is 11.3 Å². The fourth-order valence-corrected chi connectivity index (χ4v) is 4.23. The van der Waals surface area contributed by atoms with Crippen molar-refractivity contribution >= 4 is 39.9 Å². The molecule has 1 fully saturated rings. The van der Waals surface area contributed by atoms with Crippen molar-refractivity contribution < 1.29 is 23.9 Å². The predicted octanol–water partition coefficient (Wildman–Crippen LogP) is 2.68. The number of hydrogen-bond acceptors (Lipinski definition) is 7. The number of benzene rings is 1. The zero-order chi connectivity index (χ0) is 21.6. The van der Waals surface area contributed by atoms with Gasteiger partial charge >= 0.3 is 0 Å². The number of thiazole rings is 1. The molecule has 9 nitrogen and oxygen atoms in total. The number of carbonyl (C=O) groups excluding carboxylic acids is 3. The van der Waals surface area contributed by atoms with Crippen LogP contribution in [0.1, 0.15) is 38.5 Å². The van der Waals surface area contributed by atoms with Crippen LogP contribution in [0.3, 0.4) is 0 Å². The smallest absolute Gasteiger partial charge is 0.240 e. The van der Waals surface area contributed by atoms with Gasteiger partial charge < -0.3 is 25.0 Å². The van der Waals surface area contributed by atoms with Gasteiger partial charge in [0.05, 0.1) is 0 Å². The Morgan fingerprint density at radius 1 is 1.10 bits per heavy atom. The summed E-state index contributed by atoms with van der Waals surface area (Å²) in [7, 11) is 0. The number of ether oxygens (including phenoxy) is 2. The van der Waals surface area contributed by atoms with E-state index in [2.05, 4.69) is 15.6 Å². The normalized spacial score (nSPS) is 15.0. The molecule has 3 amide bonds. The Bertz CT molecular complexity index is 943. The van der Waals surface area contributed by atoms with Crippen LogP contribution in [0.15, 0.2) is 29.8 Å². The van der Waals surface area contributed by atoms with Crippen LogP contribution in [0.4, 0.5) is 10.8 Å². The van der Waals surface area contributed by atoms with E-state index in [0.717, 1.165) is 25.7 Å². The van der Waals surface area contributed by atoms with Crippen LogP contribution in [0.2, 0.25) is 0 Å². The first kappa shape index (κ1) is 21.1. The zero-order valence-corrected chi connectivity index (χ0v) is 17.8. The van der Waals surface area contributed by atoms with E-state index in [1.54, 1.807) is 29.8 Å². The van der Waals surface area contributed by atoms with Crippen molar-refractivity contribution in [3.8, 4) is 11.5 Å². The Labute approximate surface area is 183 Å². The lowest BCUT2D eigenvalue weighted by Crippen LogP contribution is -2.43. The minimum Gasteiger partial charge on any atom is -0.454 e. The summed E-state index contributed by atoms with van der Waals surface area (Å²) < 4.78 is 10.7. The highest BCUT2D eigenvalue weighted by Crippen LogP contribution is 2.35. The van der Waals surface area contributed by atoms with Crippen LogP contribution in [-0.4, -0.2) is 42.1 Å². The highest BCUT2D eigenvalue weighted by molar-refractivity contribution is 7.13. The average Bonchev–Trinajstić information content (AvgIpc) is 3.52. The summed E-state index contributed by atoms with van der Waals surface area (Å²) in [6.45, 7) is -0.00506. The number of anilines is 2. The highest BCUT2D eigenvalue weighted by Gasteiger charge is 2.25. The summed E-state index contributed by atoms with van der Waals surface area (Å²) in [5.41, 5.74) is 0.524. The zero-order valence-electron chi connectivity index (χ0n) is 17.0. The maximum atomic E-state index is 13.0. The van der Waals surface area contributed by atoms with Gasteiger partial charge in [-0.1, -0.05) is 12.8 Å².